The maximum absolute atomic E-state index is 12.0. The Kier molecular flexibility index (Phi) is 8.50. The SMILES string of the molecule is CC(=O)Nc1cccc(NC(=S)NC(=O)CCCOc2ccc(Cl)cc2Cl)c1. The summed E-state index contributed by atoms with van der Waals surface area (Å²) in [6, 6.07) is 11.9. The molecule has 0 aliphatic rings. The van der Waals surface area contributed by atoms with Crippen molar-refractivity contribution in [3.05, 3.63) is 52.5 Å². The first-order chi connectivity index (χ1) is 13.3. The Balaban J connectivity index is 1.72. The molecule has 0 unspecified atom stereocenters. The highest BCUT2D eigenvalue weighted by atomic mass is 35.5. The van der Waals surface area contributed by atoms with E-state index in [9.17, 15) is 9.59 Å². The van der Waals surface area contributed by atoms with E-state index in [1.54, 1.807) is 42.5 Å². The van der Waals surface area contributed by atoms with Gasteiger partial charge in [0.15, 0.2) is 5.11 Å². The number of benzene rings is 2. The van der Waals surface area contributed by atoms with Crippen LogP contribution in [0.5, 0.6) is 5.75 Å². The summed E-state index contributed by atoms with van der Waals surface area (Å²) in [5.41, 5.74) is 1.28. The average Bonchev–Trinajstić information content (AvgIpc) is 2.59. The van der Waals surface area contributed by atoms with Gasteiger partial charge in [-0.05, 0) is 55.0 Å². The fraction of sp³-hybridized carbons (Fsp3) is 0.211. The molecule has 0 atom stereocenters. The van der Waals surface area contributed by atoms with Gasteiger partial charge >= 0.3 is 0 Å². The highest BCUT2D eigenvalue weighted by Gasteiger charge is 2.07. The molecule has 9 heteroatoms. The minimum absolute atomic E-state index is 0.171. The molecule has 148 valence electrons. The van der Waals surface area contributed by atoms with Crippen molar-refractivity contribution in [2.75, 3.05) is 17.2 Å². The maximum atomic E-state index is 12.0. The zero-order valence-electron chi connectivity index (χ0n) is 15.1. The summed E-state index contributed by atoms with van der Waals surface area (Å²) in [4.78, 5) is 23.1. The largest absolute Gasteiger partial charge is 0.492 e. The molecular formula is C19H19Cl2N3O3S. The summed E-state index contributed by atoms with van der Waals surface area (Å²) in [6.07, 6.45) is 0.727. The number of halogens is 2. The van der Waals surface area contributed by atoms with Gasteiger partial charge in [-0.3, -0.25) is 9.59 Å². The van der Waals surface area contributed by atoms with Crippen molar-refractivity contribution in [2.24, 2.45) is 0 Å². The van der Waals surface area contributed by atoms with Gasteiger partial charge in [-0.25, -0.2) is 0 Å². The van der Waals surface area contributed by atoms with Crippen LogP contribution in [0.3, 0.4) is 0 Å². The molecule has 2 aromatic rings. The van der Waals surface area contributed by atoms with Gasteiger partial charge in [-0.15, -0.1) is 0 Å². The van der Waals surface area contributed by atoms with Gasteiger partial charge in [0.25, 0.3) is 0 Å². The van der Waals surface area contributed by atoms with E-state index in [0.29, 0.717) is 40.2 Å². The topological polar surface area (TPSA) is 79.5 Å². The molecule has 0 aliphatic heterocycles. The van der Waals surface area contributed by atoms with Gasteiger partial charge in [-0.2, -0.15) is 0 Å². The van der Waals surface area contributed by atoms with E-state index in [2.05, 4.69) is 16.0 Å². The fourth-order valence-electron chi connectivity index (χ4n) is 2.24. The van der Waals surface area contributed by atoms with E-state index >= 15 is 0 Å². The normalized spacial score (nSPS) is 10.1. The number of rotatable bonds is 7. The van der Waals surface area contributed by atoms with Crippen LogP contribution >= 0.6 is 35.4 Å². The van der Waals surface area contributed by atoms with Gasteiger partial charge in [-0.1, -0.05) is 29.3 Å². The van der Waals surface area contributed by atoms with Crippen LogP contribution in [0.1, 0.15) is 19.8 Å². The fourth-order valence-corrected chi connectivity index (χ4v) is 2.93. The minimum atomic E-state index is -0.235. The number of nitrogens with one attached hydrogen (secondary N) is 3. The number of carbonyl (C=O) groups excluding carboxylic acids is 2. The lowest BCUT2D eigenvalue weighted by Gasteiger charge is -2.11. The second-order valence-electron chi connectivity index (χ2n) is 5.79. The molecule has 0 saturated carbocycles. The number of thiocarbonyl (C=S) groups is 1. The number of carbonyl (C=O) groups is 2. The average molecular weight is 440 g/mol. The lowest BCUT2D eigenvalue weighted by Crippen LogP contribution is -2.34. The van der Waals surface area contributed by atoms with Crippen LogP contribution in [0.4, 0.5) is 11.4 Å². The van der Waals surface area contributed by atoms with Crippen molar-refractivity contribution in [1.82, 2.24) is 5.32 Å². The molecule has 6 nitrogen and oxygen atoms in total. The maximum Gasteiger partial charge on any atom is 0.226 e. The molecule has 2 aromatic carbocycles. The highest BCUT2D eigenvalue weighted by Crippen LogP contribution is 2.27. The third kappa shape index (κ3) is 7.72. The standard InChI is InChI=1S/C19H19Cl2N3O3S/c1-12(25)22-14-4-2-5-15(11-14)23-19(28)24-18(26)6-3-9-27-17-8-7-13(20)10-16(17)21/h2,4-5,7-8,10-11H,3,6,9H2,1H3,(H,22,25)(H2,23,24,26,28). The number of hydrogen-bond acceptors (Lipinski definition) is 4. The van der Waals surface area contributed by atoms with Crippen molar-refractivity contribution in [2.45, 2.75) is 19.8 Å². The van der Waals surface area contributed by atoms with Gasteiger partial charge in [0.05, 0.1) is 11.6 Å². The van der Waals surface area contributed by atoms with Crippen molar-refractivity contribution < 1.29 is 14.3 Å². The molecule has 0 aliphatic carbocycles. The Morgan fingerprint density at radius 3 is 2.46 bits per heavy atom. The van der Waals surface area contributed by atoms with Crippen molar-refractivity contribution in [1.29, 1.82) is 0 Å². The van der Waals surface area contributed by atoms with Crippen LogP contribution in [0, 0.1) is 0 Å². The Labute approximate surface area is 178 Å². The molecule has 0 radical (unpaired) electrons. The first-order valence-corrected chi connectivity index (χ1v) is 9.56. The lowest BCUT2D eigenvalue weighted by atomic mass is 10.2. The van der Waals surface area contributed by atoms with E-state index in [1.165, 1.54) is 6.92 Å². The summed E-state index contributed by atoms with van der Waals surface area (Å²) < 4.78 is 5.53. The molecule has 3 N–H and O–H groups in total. The summed E-state index contributed by atoms with van der Waals surface area (Å²) in [6.45, 7) is 1.75. The Hall–Kier alpha value is -2.35. The van der Waals surface area contributed by atoms with Crippen LogP contribution in [0.15, 0.2) is 42.5 Å². The smallest absolute Gasteiger partial charge is 0.226 e. The highest BCUT2D eigenvalue weighted by molar-refractivity contribution is 7.80. The summed E-state index contributed by atoms with van der Waals surface area (Å²) in [7, 11) is 0. The first kappa shape index (κ1) is 21.9. The Morgan fingerprint density at radius 2 is 1.79 bits per heavy atom. The number of amides is 2. The molecule has 0 bridgehead atoms. The molecule has 2 amide bonds. The molecule has 0 saturated heterocycles. The monoisotopic (exact) mass is 439 g/mol. The first-order valence-electron chi connectivity index (χ1n) is 8.40. The molecular weight excluding hydrogens is 421 g/mol. The zero-order chi connectivity index (χ0) is 20.5. The molecule has 0 fully saturated rings. The molecule has 0 aromatic heterocycles. The van der Waals surface area contributed by atoms with Crippen molar-refractivity contribution >= 4 is 63.7 Å². The Bertz CT molecular complexity index is 877. The second kappa shape index (κ2) is 10.8. The molecule has 2 rings (SSSR count). The van der Waals surface area contributed by atoms with Crippen molar-refractivity contribution in [3.8, 4) is 5.75 Å². The van der Waals surface area contributed by atoms with E-state index in [0.717, 1.165) is 0 Å². The van der Waals surface area contributed by atoms with Gasteiger partial charge < -0.3 is 20.7 Å². The van der Waals surface area contributed by atoms with Gasteiger partial charge in [0.1, 0.15) is 5.75 Å². The van der Waals surface area contributed by atoms with Crippen LogP contribution in [0.25, 0.3) is 0 Å². The molecule has 0 spiro atoms. The third-order valence-corrected chi connectivity index (χ3v) is 4.13. The van der Waals surface area contributed by atoms with E-state index < -0.39 is 0 Å². The summed E-state index contributed by atoms with van der Waals surface area (Å²) in [5.74, 6) is 0.110. The van der Waals surface area contributed by atoms with E-state index in [4.69, 9.17) is 40.2 Å². The molecule has 0 heterocycles. The van der Waals surface area contributed by atoms with E-state index in [-0.39, 0.29) is 23.3 Å². The lowest BCUT2D eigenvalue weighted by molar-refractivity contribution is -0.120. The van der Waals surface area contributed by atoms with Gasteiger partial charge in [0, 0.05) is 29.7 Å². The molecule has 28 heavy (non-hydrogen) atoms. The quantitative estimate of drug-likeness (QED) is 0.433. The minimum Gasteiger partial charge on any atom is -0.492 e. The van der Waals surface area contributed by atoms with Crippen LogP contribution in [0.2, 0.25) is 10.0 Å². The summed E-state index contributed by atoms with van der Waals surface area (Å²) in [5, 5.41) is 9.30. The summed E-state index contributed by atoms with van der Waals surface area (Å²) >= 11 is 17.0. The Morgan fingerprint density at radius 1 is 1.07 bits per heavy atom. The van der Waals surface area contributed by atoms with Crippen LogP contribution in [-0.2, 0) is 9.59 Å². The van der Waals surface area contributed by atoms with Crippen LogP contribution in [-0.4, -0.2) is 23.5 Å². The number of ether oxygens (including phenoxy) is 1. The van der Waals surface area contributed by atoms with Crippen molar-refractivity contribution in [3.63, 3.8) is 0 Å². The van der Waals surface area contributed by atoms with Gasteiger partial charge in [0.2, 0.25) is 11.8 Å². The van der Waals surface area contributed by atoms with E-state index in [1.807, 2.05) is 0 Å². The predicted octanol–water partition coefficient (Wildman–Crippen LogP) is 4.62. The van der Waals surface area contributed by atoms with Crippen LogP contribution < -0.4 is 20.7 Å². The number of hydrogen-bond donors (Lipinski definition) is 3. The zero-order valence-corrected chi connectivity index (χ0v) is 17.4. The predicted molar refractivity (Wildman–Crippen MR) is 116 cm³/mol. The second-order valence-corrected chi connectivity index (χ2v) is 7.04. The third-order valence-electron chi connectivity index (χ3n) is 3.39. The number of anilines is 2.